The fourth-order valence-electron chi connectivity index (χ4n) is 2.04. The smallest absolute Gasteiger partial charge is 0.261 e. The van der Waals surface area contributed by atoms with Crippen molar-refractivity contribution in [3.05, 3.63) is 53.8 Å². The Morgan fingerprint density at radius 3 is 2.52 bits per heavy atom. The van der Waals surface area contributed by atoms with Gasteiger partial charge in [-0.2, -0.15) is 0 Å². The number of benzene rings is 2. The molecule has 0 aliphatic carbocycles. The number of nitrogens with zero attached hydrogens (tertiary/aromatic N) is 3. The number of aromatic nitrogens is 4. The predicted octanol–water partition coefficient (Wildman–Crippen LogP) is 2.12. The maximum Gasteiger partial charge on any atom is 0.261 e. The minimum atomic E-state index is -3.86. The molecule has 7 nitrogen and oxygen atoms in total. The van der Waals surface area contributed by atoms with Crippen molar-refractivity contribution in [2.75, 3.05) is 4.72 Å². The molecule has 0 atom stereocenters. The first-order valence-corrected chi connectivity index (χ1v) is 8.07. The number of H-pyrrole nitrogens is 1. The zero-order valence-corrected chi connectivity index (χ0v) is 12.8. The van der Waals surface area contributed by atoms with Gasteiger partial charge in [-0.25, -0.2) is 17.9 Å². The summed E-state index contributed by atoms with van der Waals surface area (Å²) in [5, 5.41) is 13.4. The zero-order chi connectivity index (χ0) is 16.4. The lowest BCUT2D eigenvalue weighted by atomic mass is 10.1. The lowest BCUT2D eigenvalue weighted by Crippen LogP contribution is -2.14. The van der Waals surface area contributed by atoms with Gasteiger partial charge in [0.1, 0.15) is 5.82 Å². The van der Waals surface area contributed by atoms with Gasteiger partial charge in [-0.3, -0.25) is 4.72 Å². The van der Waals surface area contributed by atoms with Gasteiger partial charge in [0.15, 0.2) is 5.82 Å². The number of aromatic amines is 1. The van der Waals surface area contributed by atoms with Crippen molar-refractivity contribution in [2.45, 2.75) is 11.8 Å². The van der Waals surface area contributed by atoms with Gasteiger partial charge in [-0.15, -0.1) is 5.10 Å². The third-order valence-electron chi connectivity index (χ3n) is 3.14. The fraction of sp³-hybridized carbons (Fsp3) is 0.0714. The van der Waals surface area contributed by atoms with Crippen LogP contribution in [0.15, 0.2) is 47.4 Å². The second-order valence-corrected chi connectivity index (χ2v) is 6.54. The van der Waals surface area contributed by atoms with Crippen LogP contribution < -0.4 is 4.72 Å². The molecule has 0 spiro atoms. The van der Waals surface area contributed by atoms with E-state index < -0.39 is 15.8 Å². The molecule has 3 aromatic rings. The fourth-order valence-corrected chi connectivity index (χ4v) is 3.11. The quantitative estimate of drug-likeness (QED) is 0.761. The monoisotopic (exact) mass is 333 g/mol. The molecule has 0 aliphatic rings. The van der Waals surface area contributed by atoms with E-state index in [-0.39, 0.29) is 4.90 Å². The molecule has 2 aromatic carbocycles. The summed E-state index contributed by atoms with van der Waals surface area (Å²) < 4.78 is 40.4. The molecule has 0 bridgehead atoms. The summed E-state index contributed by atoms with van der Waals surface area (Å²) >= 11 is 0. The van der Waals surface area contributed by atoms with Crippen molar-refractivity contribution in [3.63, 3.8) is 0 Å². The first-order chi connectivity index (χ1) is 11.0. The van der Waals surface area contributed by atoms with Crippen molar-refractivity contribution in [2.24, 2.45) is 0 Å². The van der Waals surface area contributed by atoms with Crippen molar-refractivity contribution < 1.29 is 12.8 Å². The molecule has 0 amide bonds. The standard InChI is InChI=1S/C14H12FN5O2S/c1-9-2-7-12(14-16-19-20-17-14)13(8-9)18-23(21,22)11-5-3-10(15)4-6-11/h2-8,18H,1H3,(H,16,17,19,20). The highest BCUT2D eigenvalue weighted by atomic mass is 32.2. The molecular weight excluding hydrogens is 321 g/mol. The number of tetrazole rings is 1. The van der Waals surface area contributed by atoms with Gasteiger partial charge in [0.2, 0.25) is 0 Å². The molecule has 1 aromatic heterocycles. The minimum Gasteiger partial charge on any atom is -0.279 e. The summed E-state index contributed by atoms with van der Waals surface area (Å²) in [6.07, 6.45) is 0. The SMILES string of the molecule is Cc1ccc(-c2nnn[nH]2)c(NS(=O)(=O)c2ccc(F)cc2)c1. The van der Waals surface area contributed by atoms with Crippen LogP contribution in [0, 0.1) is 12.7 Å². The number of nitrogens with one attached hydrogen (secondary N) is 2. The molecule has 2 N–H and O–H groups in total. The number of rotatable bonds is 4. The molecule has 0 saturated carbocycles. The highest BCUT2D eigenvalue weighted by Gasteiger charge is 2.18. The van der Waals surface area contributed by atoms with Gasteiger partial charge in [-0.05, 0) is 59.3 Å². The molecule has 0 aliphatic heterocycles. The molecule has 0 fully saturated rings. The van der Waals surface area contributed by atoms with E-state index in [2.05, 4.69) is 25.3 Å². The van der Waals surface area contributed by atoms with Crippen molar-refractivity contribution in [1.82, 2.24) is 20.6 Å². The van der Waals surface area contributed by atoms with Gasteiger partial charge in [0.25, 0.3) is 10.0 Å². The first kappa shape index (κ1) is 15.1. The van der Waals surface area contributed by atoms with Crippen LogP contribution in [-0.4, -0.2) is 29.0 Å². The van der Waals surface area contributed by atoms with E-state index in [1.54, 1.807) is 12.1 Å². The number of halogens is 1. The van der Waals surface area contributed by atoms with E-state index in [4.69, 9.17) is 0 Å². The second kappa shape index (κ2) is 5.76. The highest BCUT2D eigenvalue weighted by molar-refractivity contribution is 7.92. The summed E-state index contributed by atoms with van der Waals surface area (Å²) in [5.41, 5.74) is 1.69. The Bertz CT molecular complexity index is 924. The van der Waals surface area contributed by atoms with E-state index in [0.29, 0.717) is 17.1 Å². The summed E-state index contributed by atoms with van der Waals surface area (Å²) in [5.74, 6) is -0.172. The van der Waals surface area contributed by atoms with Crippen molar-refractivity contribution in [3.8, 4) is 11.4 Å². The topological polar surface area (TPSA) is 101 Å². The van der Waals surface area contributed by atoms with Gasteiger partial charge in [-0.1, -0.05) is 6.07 Å². The highest BCUT2D eigenvalue weighted by Crippen LogP contribution is 2.28. The van der Waals surface area contributed by atoms with Gasteiger partial charge in [0, 0.05) is 5.56 Å². The van der Waals surface area contributed by atoms with E-state index in [0.717, 1.165) is 17.7 Å². The number of hydrogen-bond acceptors (Lipinski definition) is 5. The minimum absolute atomic E-state index is 0.0398. The Kier molecular flexibility index (Phi) is 3.78. The summed E-state index contributed by atoms with van der Waals surface area (Å²) in [6.45, 7) is 1.83. The number of aryl methyl sites for hydroxylation is 1. The molecule has 1 heterocycles. The molecule has 118 valence electrons. The molecule has 3 rings (SSSR count). The summed E-state index contributed by atoms with van der Waals surface area (Å²) in [4.78, 5) is -0.0398. The van der Waals surface area contributed by atoms with Crippen LogP contribution in [0.1, 0.15) is 5.56 Å². The molecule has 0 unspecified atom stereocenters. The Labute approximate surface area is 131 Å². The lowest BCUT2D eigenvalue weighted by Gasteiger charge is -2.12. The molecule has 0 radical (unpaired) electrons. The Morgan fingerprint density at radius 2 is 1.87 bits per heavy atom. The van der Waals surface area contributed by atoms with Gasteiger partial charge >= 0.3 is 0 Å². The van der Waals surface area contributed by atoms with Gasteiger partial charge < -0.3 is 0 Å². The van der Waals surface area contributed by atoms with Crippen LogP contribution >= 0.6 is 0 Å². The number of hydrogen-bond donors (Lipinski definition) is 2. The third kappa shape index (κ3) is 3.19. The molecule has 9 heteroatoms. The Hall–Kier alpha value is -2.81. The van der Waals surface area contributed by atoms with Crippen LogP contribution in [0.5, 0.6) is 0 Å². The number of anilines is 1. The third-order valence-corrected chi connectivity index (χ3v) is 4.53. The Balaban J connectivity index is 2.02. The maximum absolute atomic E-state index is 13.0. The number of sulfonamides is 1. The zero-order valence-electron chi connectivity index (χ0n) is 12.0. The summed E-state index contributed by atoms with van der Waals surface area (Å²) in [7, 11) is -3.86. The van der Waals surface area contributed by atoms with Crippen LogP contribution in [0.3, 0.4) is 0 Å². The van der Waals surface area contributed by atoms with Crippen molar-refractivity contribution in [1.29, 1.82) is 0 Å². The second-order valence-electron chi connectivity index (χ2n) is 4.86. The lowest BCUT2D eigenvalue weighted by molar-refractivity contribution is 0.599. The first-order valence-electron chi connectivity index (χ1n) is 6.59. The predicted molar refractivity (Wildman–Crippen MR) is 81.6 cm³/mol. The maximum atomic E-state index is 13.0. The van der Waals surface area contributed by atoms with Crippen molar-refractivity contribution >= 4 is 15.7 Å². The summed E-state index contributed by atoms with van der Waals surface area (Å²) in [6, 6.07) is 9.76. The average molecular weight is 333 g/mol. The van der Waals surface area contributed by atoms with Crippen LogP contribution in [-0.2, 0) is 10.0 Å². The molecule has 23 heavy (non-hydrogen) atoms. The molecular formula is C14H12FN5O2S. The average Bonchev–Trinajstić information content (AvgIpc) is 3.01. The largest absolute Gasteiger partial charge is 0.279 e. The van der Waals surface area contributed by atoms with E-state index in [1.165, 1.54) is 12.1 Å². The Morgan fingerprint density at radius 1 is 1.13 bits per heavy atom. The van der Waals surface area contributed by atoms with Crippen LogP contribution in [0.4, 0.5) is 10.1 Å². The van der Waals surface area contributed by atoms with Crippen LogP contribution in [0.25, 0.3) is 11.4 Å². The normalized spacial score (nSPS) is 11.4. The van der Waals surface area contributed by atoms with Gasteiger partial charge in [0.05, 0.1) is 10.6 Å². The van der Waals surface area contributed by atoms with E-state index in [9.17, 15) is 12.8 Å². The van der Waals surface area contributed by atoms with E-state index in [1.807, 2.05) is 13.0 Å². The van der Waals surface area contributed by atoms with Crippen LogP contribution in [0.2, 0.25) is 0 Å². The molecule has 0 saturated heterocycles. The van der Waals surface area contributed by atoms with E-state index >= 15 is 0 Å².